The number of halogens is 1. The minimum atomic E-state index is -0.189. The van der Waals surface area contributed by atoms with Crippen LogP contribution in [0, 0.1) is 29.5 Å². The SMILES string of the molecule is CC(C)C(=O)NCC1C[C@@H]2CC(c3ccnc4ccc(F)cc34)C[C@@H]2C1. The van der Waals surface area contributed by atoms with Crippen molar-refractivity contribution in [2.75, 3.05) is 6.54 Å². The molecule has 4 atom stereocenters. The van der Waals surface area contributed by atoms with E-state index in [0.29, 0.717) is 11.8 Å². The first-order valence-corrected chi connectivity index (χ1v) is 9.83. The van der Waals surface area contributed by atoms with Gasteiger partial charge in [0.25, 0.3) is 0 Å². The van der Waals surface area contributed by atoms with Crippen molar-refractivity contribution in [2.24, 2.45) is 23.7 Å². The molecule has 2 aliphatic carbocycles. The second-order valence-corrected chi connectivity index (χ2v) is 8.49. The van der Waals surface area contributed by atoms with E-state index in [-0.39, 0.29) is 17.6 Å². The lowest BCUT2D eigenvalue weighted by Crippen LogP contribution is -2.31. The minimum absolute atomic E-state index is 0.0562. The zero-order valence-electron chi connectivity index (χ0n) is 15.5. The van der Waals surface area contributed by atoms with Gasteiger partial charge in [0, 0.05) is 24.0 Å². The third-order valence-electron chi connectivity index (χ3n) is 6.38. The van der Waals surface area contributed by atoms with Crippen LogP contribution in [0.25, 0.3) is 10.9 Å². The lowest BCUT2D eigenvalue weighted by Gasteiger charge is -2.17. The topological polar surface area (TPSA) is 42.0 Å². The van der Waals surface area contributed by atoms with E-state index in [1.807, 2.05) is 20.0 Å². The molecule has 3 nitrogen and oxygen atoms in total. The number of hydrogen-bond acceptors (Lipinski definition) is 2. The average molecular weight is 354 g/mol. The van der Waals surface area contributed by atoms with E-state index >= 15 is 0 Å². The number of pyridine rings is 1. The Morgan fingerprint density at radius 2 is 1.92 bits per heavy atom. The highest BCUT2D eigenvalue weighted by molar-refractivity contribution is 5.82. The van der Waals surface area contributed by atoms with Crippen molar-refractivity contribution >= 4 is 16.8 Å². The van der Waals surface area contributed by atoms with Crippen LogP contribution < -0.4 is 5.32 Å². The average Bonchev–Trinajstić information content (AvgIpc) is 3.17. The molecule has 0 saturated heterocycles. The van der Waals surface area contributed by atoms with Crippen molar-refractivity contribution in [3.8, 4) is 0 Å². The van der Waals surface area contributed by atoms with Gasteiger partial charge in [-0.05, 0) is 79.2 Å². The van der Waals surface area contributed by atoms with Gasteiger partial charge in [0.1, 0.15) is 5.82 Å². The Balaban J connectivity index is 1.42. The van der Waals surface area contributed by atoms with E-state index in [1.165, 1.54) is 37.3 Å². The molecule has 2 saturated carbocycles. The van der Waals surface area contributed by atoms with Crippen LogP contribution in [-0.2, 0) is 4.79 Å². The van der Waals surface area contributed by atoms with Crippen molar-refractivity contribution in [3.63, 3.8) is 0 Å². The highest BCUT2D eigenvalue weighted by Crippen LogP contribution is 2.53. The monoisotopic (exact) mass is 354 g/mol. The largest absolute Gasteiger partial charge is 0.356 e. The molecule has 0 bridgehead atoms. The van der Waals surface area contributed by atoms with Crippen molar-refractivity contribution in [3.05, 3.63) is 41.8 Å². The number of rotatable bonds is 4. The van der Waals surface area contributed by atoms with Crippen LogP contribution in [0.4, 0.5) is 4.39 Å². The highest BCUT2D eigenvalue weighted by Gasteiger charge is 2.42. The molecular formula is C22H27FN2O. The zero-order valence-corrected chi connectivity index (χ0v) is 15.5. The Bertz CT molecular complexity index is 805. The highest BCUT2D eigenvalue weighted by atomic mass is 19.1. The van der Waals surface area contributed by atoms with E-state index in [4.69, 9.17) is 0 Å². The van der Waals surface area contributed by atoms with Crippen LogP contribution in [0.1, 0.15) is 51.0 Å². The molecule has 1 heterocycles. The summed E-state index contributed by atoms with van der Waals surface area (Å²) in [4.78, 5) is 16.2. The zero-order chi connectivity index (χ0) is 18.3. The summed E-state index contributed by atoms with van der Waals surface area (Å²) in [6, 6.07) is 6.97. The Labute approximate surface area is 154 Å². The van der Waals surface area contributed by atoms with Crippen LogP contribution in [0.2, 0.25) is 0 Å². The van der Waals surface area contributed by atoms with E-state index in [9.17, 15) is 9.18 Å². The molecule has 2 aromatic rings. The number of hydrogen-bond donors (Lipinski definition) is 1. The molecule has 1 N–H and O–H groups in total. The molecule has 2 aliphatic rings. The molecule has 0 radical (unpaired) electrons. The fourth-order valence-corrected chi connectivity index (χ4v) is 5.11. The van der Waals surface area contributed by atoms with Gasteiger partial charge in [0.15, 0.2) is 0 Å². The Kier molecular flexibility index (Phi) is 4.68. The molecule has 2 fully saturated rings. The molecule has 0 spiro atoms. The molecule has 1 amide bonds. The normalized spacial score (nSPS) is 27.8. The van der Waals surface area contributed by atoms with E-state index in [2.05, 4.69) is 16.4 Å². The lowest BCUT2D eigenvalue weighted by molar-refractivity contribution is -0.124. The Hall–Kier alpha value is -1.97. The smallest absolute Gasteiger partial charge is 0.222 e. The molecule has 1 aromatic heterocycles. The van der Waals surface area contributed by atoms with Crippen LogP contribution in [0.5, 0.6) is 0 Å². The lowest BCUT2D eigenvalue weighted by atomic mass is 9.90. The first-order chi connectivity index (χ1) is 12.5. The van der Waals surface area contributed by atoms with Gasteiger partial charge < -0.3 is 5.32 Å². The minimum Gasteiger partial charge on any atom is -0.356 e. The summed E-state index contributed by atoms with van der Waals surface area (Å²) in [5, 5.41) is 4.07. The number of aromatic nitrogens is 1. The van der Waals surface area contributed by atoms with Gasteiger partial charge in [-0.15, -0.1) is 0 Å². The van der Waals surface area contributed by atoms with E-state index < -0.39 is 0 Å². The predicted molar refractivity (Wildman–Crippen MR) is 101 cm³/mol. The van der Waals surface area contributed by atoms with Crippen molar-refractivity contribution in [1.29, 1.82) is 0 Å². The molecule has 4 rings (SSSR count). The fourth-order valence-electron chi connectivity index (χ4n) is 5.11. The number of amides is 1. The summed E-state index contributed by atoms with van der Waals surface area (Å²) < 4.78 is 13.7. The quantitative estimate of drug-likeness (QED) is 0.867. The first kappa shape index (κ1) is 17.4. The van der Waals surface area contributed by atoms with Crippen LogP contribution in [0.15, 0.2) is 30.5 Å². The summed E-state index contributed by atoms with van der Waals surface area (Å²) in [6.45, 7) is 4.69. The second-order valence-electron chi connectivity index (χ2n) is 8.49. The Morgan fingerprint density at radius 3 is 2.62 bits per heavy atom. The first-order valence-electron chi connectivity index (χ1n) is 9.83. The number of carbonyl (C=O) groups excluding carboxylic acids is 1. The maximum Gasteiger partial charge on any atom is 0.222 e. The summed E-state index contributed by atoms with van der Waals surface area (Å²) in [6.07, 6.45) is 6.62. The van der Waals surface area contributed by atoms with Gasteiger partial charge in [0.2, 0.25) is 5.91 Å². The predicted octanol–water partition coefficient (Wildman–Crippen LogP) is 4.67. The van der Waals surface area contributed by atoms with Crippen molar-refractivity contribution < 1.29 is 9.18 Å². The molecule has 26 heavy (non-hydrogen) atoms. The van der Waals surface area contributed by atoms with Gasteiger partial charge in [0.05, 0.1) is 5.52 Å². The fraction of sp³-hybridized carbons (Fsp3) is 0.545. The molecule has 4 heteroatoms. The Morgan fingerprint density at radius 1 is 1.19 bits per heavy atom. The number of benzene rings is 1. The maximum absolute atomic E-state index is 13.7. The van der Waals surface area contributed by atoms with Gasteiger partial charge >= 0.3 is 0 Å². The van der Waals surface area contributed by atoms with Gasteiger partial charge in [-0.3, -0.25) is 9.78 Å². The maximum atomic E-state index is 13.7. The molecule has 0 aliphatic heterocycles. The number of nitrogens with one attached hydrogen (secondary N) is 1. The summed E-state index contributed by atoms with van der Waals surface area (Å²) in [5.41, 5.74) is 2.14. The molecule has 138 valence electrons. The van der Waals surface area contributed by atoms with Crippen LogP contribution >= 0.6 is 0 Å². The molecular weight excluding hydrogens is 327 g/mol. The standard InChI is InChI=1S/C22H27FN2O/c1-13(2)22(26)25-12-14-7-15-9-17(10-16(15)8-14)19-5-6-24-21-4-3-18(23)11-20(19)21/h3-6,11,13-17H,7-10,12H2,1-2H3,(H,25,26)/t14?,15-,16+,17?. The number of carbonyl (C=O) groups is 1. The van der Waals surface area contributed by atoms with Crippen LogP contribution in [-0.4, -0.2) is 17.4 Å². The van der Waals surface area contributed by atoms with Crippen molar-refractivity contribution in [2.45, 2.75) is 45.4 Å². The molecule has 1 aromatic carbocycles. The van der Waals surface area contributed by atoms with Gasteiger partial charge in [-0.1, -0.05) is 13.8 Å². The molecule has 2 unspecified atom stereocenters. The van der Waals surface area contributed by atoms with E-state index in [0.717, 1.165) is 29.3 Å². The third kappa shape index (κ3) is 3.34. The van der Waals surface area contributed by atoms with Gasteiger partial charge in [-0.25, -0.2) is 4.39 Å². The van der Waals surface area contributed by atoms with Gasteiger partial charge in [-0.2, -0.15) is 0 Å². The van der Waals surface area contributed by atoms with Crippen molar-refractivity contribution in [1.82, 2.24) is 10.3 Å². The number of fused-ring (bicyclic) bond motifs is 2. The summed E-state index contributed by atoms with van der Waals surface area (Å²) >= 11 is 0. The summed E-state index contributed by atoms with van der Waals surface area (Å²) in [7, 11) is 0. The summed E-state index contributed by atoms with van der Waals surface area (Å²) in [5.74, 6) is 2.61. The second kappa shape index (κ2) is 6.98. The number of nitrogens with zero attached hydrogens (tertiary/aromatic N) is 1. The van der Waals surface area contributed by atoms with Crippen LogP contribution in [0.3, 0.4) is 0 Å². The third-order valence-corrected chi connectivity index (χ3v) is 6.38. The van der Waals surface area contributed by atoms with E-state index in [1.54, 1.807) is 12.1 Å².